The smallest absolute Gasteiger partial charge is 0.241 e. The van der Waals surface area contributed by atoms with Gasteiger partial charge in [-0.25, -0.2) is 12.4 Å². The lowest BCUT2D eigenvalue weighted by atomic mass is 10.0. The SMILES string of the molecule is CCC1CCc2c1cn(S(=O)(=O)c1cccc(Cl)c1)c2-c1ccc(Cl)cc1Cl. The first-order valence-corrected chi connectivity index (χ1v) is 11.6. The Balaban J connectivity index is 2.00. The lowest BCUT2D eigenvalue weighted by molar-refractivity contribution is 0.586. The van der Waals surface area contributed by atoms with Crippen molar-refractivity contribution >= 4 is 44.8 Å². The quantitative estimate of drug-likeness (QED) is 0.435. The van der Waals surface area contributed by atoms with Gasteiger partial charge in [0.25, 0.3) is 10.0 Å². The summed E-state index contributed by atoms with van der Waals surface area (Å²) in [6, 6.07) is 11.5. The highest BCUT2D eigenvalue weighted by Gasteiger charge is 2.33. The minimum Gasteiger partial charge on any atom is -0.241 e. The molecule has 0 fully saturated rings. The molecule has 4 rings (SSSR count). The number of hydrogen-bond acceptors (Lipinski definition) is 2. The van der Waals surface area contributed by atoms with Crippen molar-refractivity contribution in [2.45, 2.75) is 37.0 Å². The Bertz CT molecular complexity index is 1170. The van der Waals surface area contributed by atoms with E-state index in [1.54, 1.807) is 42.6 Å². The van der Waals surface area contributed by atoms with Crippen molar-refractivity contribution in [2.24, 2.45) is 0 Å². The van der Waals surface area contributed by atoms with Crippen molar-refractivity contribution in [1.82, 2.24) is 3.97 Å². The highest BCUT2D eigenvalue weighted by atomic mass is 35.5. The van der Waals surface area contributed by atoms with Crippen LogP contribution in [0.4, 0.5) is 0 Å². The first kappa shape index (κ1) is 19.8. The normalized spacial score (nSPS) is 16.4. The van der Waals surface area contributed by atoms with Gasteiger partial charge >= 0.3 is 0 Å². The zero-order valence-electron chi connectivity index (χ0n) is 15.1. The molecule has 1 aliphatic rings. The van der Waals surface area contributed by atoms with Crippen LogP contribution in [0.5, 0.6) is 0 Å². The van der Waals surface area contributed by atoms with Crippen LogP contribution in [0.25, 0.3) is 11.3 Å². The van der Waals surface area contributed by atoms with Crippen molar-refractivity contribution < 1.29 is 8.42 Å². The van der Waals surface area contributed by atoms with Crippen LogP contribution in [0.15, 0.2) is 53.6 Å². The number of benzene rings is 2. The molecule has 146 valence electrons. The molecule has 1 unspecified atom stereocenters. The third kappa shape index (κ3) is 3.26. The summed E-state index contributed by atoms with van der Waals surface area (Å²) >= 11 is 18.6. The average molecular weight is 455 g/mol. The van der Waals surface area contributed by atoms with Gasteiger partial charge in [0.05, 0.1) is 15.6 Å². The molecule has 0 amide bonds. The molecule has 0 aliphatic heterocycles. The number of halogens is 3. The maximum Gasteiger partial charge on any atom is 0.268 e. The van der Waals surface area contributed by atoms with Gasteiger partial charge in [0.1, 0.15) is 0 Å². The fourth-order valence-electron chi connectivity index (χ4n) is 3.94. The van der Waals surface area contributed by atoms with Gasteiger partial charge in [-0.05, 0) is 72.7 Å². The zero-order valence-corrected chi connectivity index (χ0v) is 18.2. The van der Waals surface area contributed by atoms with Crippen molar-refractivity contribution in [3.63, 3.8) is 0 Å². The van der Waals surface area contributed by atoms with E-state index in [1.807, 2.05) is 0 Å². The number of hydrogen-bond donors (Lipinski definition) is 0. The Morgan fingerprint density at radius 2 is 1.82 bits per heavy atom. The molecule has 1 aromatic heterocycles. The summed E-state index contributed by atoms with van der Waals surface area (Å²) in [7, 11) is -3.84. The van der Waals surface area contributed by atoms with Gasteiger partial charge in [-0.15, -0.1) is 0 Å². The summed E-state index contributed by atoms with van der Waals surface area (Å²) in [5.41, 5.74) is 3.40. The van der Waals surface area contributed by atoms with E-state index in [9.17, 15) is 8.42 Å². The molecule has 1 aliphatic carbocycles. The minimum atomic E-state index is -3.84. The third-order valence-electron chi connectivity index (χ3n) is 5.33. The molecule has 1 heterocycles. The number of nitrogens with zero attached hydrogens (tertiary/aromatic N) is 1. The van der Waals surface area contributed by atoms with Gasteiger partial charge < -0.3 is 0 Å². The highest BCUT2D eigenvalue weighted by molar-refractivity contribution is 7.90. The van der Waals surface area contributed by atoms with Gasteiger partial charge in [0.2, 0.25) is 0 Å². The Morgan fingerprint density at radius 3 is 2.50 bits per heavy atom. The molecule has 0 N–H and O–H groups in total. The summed E-state index contributed by atoms with van der Waals surface area (Å²) in [6.07, 6.45) is 4.55. The standard InChI is InChI=1S/C21H18Cl3NO2S/c1-2-13-6-8-17-19(13)12-25(21(17)18-9-7-15(23)11-20(18)24)28(26,27)16-5-3-4-14(22)10-16/h3-5,7,9-13H,2,6,8H2,1H3. The van der Waals surface area contributed by atoms with Gasteiger partial charge in [0, 0.05) is 21.8 Å². The van der Waals surface area contributed by atoms with Gasteiger partial charge in [-0.1, -0.05) is 47.8 Å². The van der Waals surface area contributed by atoms with E-state index in [2.05, 4.69) is 6.92 Å². The second kappa shape index (κ2) is 7.42. The molecule has 3 nitrogen and oxygen atoms in total. The third-order valence-corrected chi connectivity index (χ3v) is 7.76. The molecular formula is C21H18Cl3NO2S. The van der Waals surface area contributed by atoms with E-state index >= 15 is 0 Å². The maximum absolute atomic E-state index is 13.5. The second-order valence-corrected chi connectivity index (χ2v) is 10.0. The summed E-state index contributed by atoms with van der Waals surface area (Å²) in [6.45, 7) is 2.12. The van der Waals surface area contributed by atoms with Crippen LogP contribution in [0.1, 0.15) is 36.8 Å². The monoisotopic (exact) mass is 453 g/mol. The van der Waals surface area contributed by atoms with Crippen LogP contribution >= 0.6 is 34.8 Å². The predicted octanol–water partition coefficient (Wildman–Crippen LogP) is 6.79. The molecule has 0 radical (unpaired) electrons. The predicted molar refractivity (Wildman–Crippen MR) is 115 cm³/mol. The fourth-order valence-corrected chi connectivity index (χ4v) is 6.15. The Hall–Kier alpha value is -1.46. The topological polar surface area (TPSA) is 39.1 Å². The van der Waals surface area contributed by atoms with E-state index in [-0.39, 0.29) is 4.90 Å². The lowest BCUT2D eigenvalue weighted by Gasteiger charge is -2.14. The van der Waals surface area contributed by atoms with E-state index in [0.29, 0.717) is 32.2 Å². The first-order valence-electron chi connectivity index (χ1n) is 9.03. The van der Waals surface area contributed by atoms with E-state index in [1.165, 1.54) is 10.0 Å². The van der Waals surface area contributed by atoms with Crippen molar-refractivity contribution in [3.8, 4) is 11.3 Å². The van der Waals surface area contributed by atoms with Crippen molar-refractivity contribution in [2.75, 3.05) is 0 Å². The van der Waals surface area contributed by atoms with Crippen LogP contribution in [-0.2, 0) is 16.4 Å². The van der Waals surface area contributed by atoms with Crippen LogP contribution in [-0.4, -0.2) is 12.4 Å². The Morgan fingerprint density at radius 1 is 1.07 bits per heavy atom. The molecule has 7 heteroatoms. The lowest BCUT2D eigenvalue weighted by Crippen LogP contribution is -2.14. The van der Waals surface area contributed by atoms with Gasteiger partial charge in [0.15, 0.2) is 0 Å². The van der Waals surface area contributed by atoms with Gasteiger partial charge in [-0.2, -0.15) is 0 Å². The molecule has 28 heavy (non-hydrogen) atoms. The first-order chi connectivity index (χ1) is 13.3. The summed E-state index contributed by atoms with van der Waals surface area (Å²) in [4.78, 5) is 0.146. The zero-order chi connectivity index (χ0) is 20.1. The average Bonchev–Trinajstić information content (AvgIpc) is 3.21. The van der Waals surface area contributed by atoms with Crippen LogP contribution in [0.2, 0.25) is 15.1 Å². The Labute approximate surface area is 179 Å². The van der Waals surface area contributed by atoms with Crippen molar-refractivity contribution in [3.05, 3.63) is 74.9 Å². The van der Waals surface area contributed by atoms with E-state index in [0.717, 1.165) is 30.4 Å². The van der Waals surface area contributed by atoms with Crippen LogP contribution in [0.3, 0.4) is 0 Å². The summed E-state index contributed by atoms with van der Waals surface area (Å²) in [5.74, 6) is 0.343. The van der Waals surface area contributed by atoms with Gasteiger partial charge in [-0.3, -0.25) is 0 Å². The second-order valence-electron chi connectivity index (χ2n) is 6.94. The van der Waals surface area contributed by atoms with Crippen LogP contribution in [0, 0.1) is 0 Å². The highest BCUT2D eigenvalue weighted by Crippen LogP contribution is 2.45. The molecule has 1 atom stereocenters. The molecule has 3 aromatic rings. The Kier molecular flexibility index (Phi) is 5.25. The fraction of sp³-hybridized carbons (Fsp3) is 0.238. The molecule has 0 bridgehead atoms. The molecular weight excluding hydrogens is 437 g/mol. The largest absolute Gasteiger partial charge is 0.268 e. The van der Waals surface area contributed by atoms with Crippen LogP contribution < -0.4 is 0 Å². The summed E-state index contributed by atoms with van der Waals surface area (Å²) in [5, 5.41) is 1.31. The summed E-state index contributed by atoms with van der Waals surface area (Å²) < 4.78 is 28.3. The molecule has 2 aromatic carbocycles. The minimum absolute atomic E-state index is 0.146. The molecule has 0 saturated carbocycles. The maximum atomic E-state index is 13.5. The number of aromatic nitrogens is 1. The number of fused-ring (bicyclic) bond motifs is 1. The van der Waals surface area contributed by atoms with E-state index in [4.69, 9.17) is 34.8 Å². The van der Waals surface area contributed by atoms with Crippen molar-refractivity contribution in [1.29, 1.82) is 0 Å². The molecule has 0 saturated heterocycles. The van der Waals surface area contributed by atoms with E-state index < -0.39 is 10.0 Å². The molecule has 0 spiro atoms. The number of rotatable bonds is 4.